The van der Waals surface area contributed by atoms with Crippen molar-refractivity contribution in [1.29, 1.82) is 0 Å². The van der Waals surface area contributed by atoms with E-state index in [0.717, 1.165) is 109 Å². The van der Waals surface area contributed by atoms with Crippen molar-refractivity contribution in [2.75, 3.05) is 47.5 Å². The maximum Gasteiger partial charge on any atom is 0.306 e. The Kier molecular flexibility index (Phi) is 70.4. The van der Waals surface area contributed by atoms with Gasteiger partial charge in [0.25, 0.3) is 7.82 Å². The molecule has 0 saturated heterocycles. The van der Waals surface area contributed by atoms with E-state index >= 15 is 0 Å². The van der Waals surface area contributed by atoms with Crippen LogP contribution in [0, 0.1) is 0 Å². The van der Waals surface area contributed by atoms with E-state index in [0.29, 0.717) is 17.4 Å². The van der Waals surface area contributed by atoms with E-state index in [9.17, 15) is 19.0 Å². The summed E-state index contributed by atoms with van der Waals surface area (Å²) >= 11 is 0. The van der Waals surface area contributed by atoms with E-state index in [1.165, 1.54) is 193 Å². The summed E-state index contributed by atoms with van der Waals surface area (Å²) in [5.74, 6) is -0.826. The second kappa shape index (κ2) is 73.4. The minimum Gasteiger partial charge on any atom is -0.756 e. The number of nitrogens with zero attached hydrogens (tertiary/aromatic N) is 1. The normalized spacial score (nSPS) is 13.8. The Balaban J connectivity index is 3.99. The standard InChI is InChI=1S/C84H146NO8P/c1-6-8-10-12-14-16-18-20-22-24-26-28-30-32-34-36-38-40-42-44-46-48-50-52-54-56-58-60-62-64-66-68-70-72-74-76-83(86)90-80-82(81-92-94(88,89)91-79-78-85(3,4)5)93-84(87)77-75-73-71-69-67-65-63-61-59-57-55-53-51-49-47-45-43-41-39-37-35-33-31-29-27-25-23-21-19-17-15-13-11-9-7-2/h8-11,14-17,20-23,26-29,33,35,39,41,45,47,82H,6-7,12-13,18-19,24-25,30-32,34,36-38,40,42-44,46,48-81H2,1-5H3/b10-8-,11-9-,16-14-,17-15-,22-20-,23-21-,28-26-,29-27-,35-33-,41-39-,47-45-. The van der Waals surface area contributed by atoms with Crippen LogP contribution in [0.5, 0.6) is 0 Å². The van der Waals surface area contributed by atoms with Gasteiger partial charge in [-0.1, -0.05) is 347 Å². The minimum absolute atomic E-state index is 0.0342. The summed E-state index contributed by atoms with van der Waals surface area (Å²) in [6.07, 6.45) is 107. The SMILES string of the molecule is CC/C=C\C/C=C\C/C=C\C/C=C\C/C=C\C/C=C\C/C=C\CCCCCCCCCCCCCCCC(=O)OC(COC(=O)CCCCCCCCCCCCCCCCCCCCCCCC/C=C\C/C=C\C/C=C\C/C=C\CC)COP(=O)([O-])OCC[N+](C)(C)C. The molecule has 0 aromatic rings. The van der Waals surface area contributed by atoms with Crippen molar-refractivity contribution in [1.82, 2.24) is 0 Å². The molecular weight excluding hydrogens is 1180 g/mol. The Hall–Kier alpha value is -3.85. The second-order valence-electron chi connectivity index (χ2n) is 27.0. The molecule has 0 aromatic heterocycles. The topological polar surface area (TPSA) is 111 Å². The summed E-state index contributed by atoms with van der Waals surface area (Å²) in [6.45, 7) is 4.04. The van der Waals surface area contributed by atoms with E-state index in [-0.39, 0.29) is 32.0 Å². The zero-order valence-corrected chi connectivity index (χ0v) is 62.5. The van der Waals surface area contributed by atoms with Gasteiger partial charge in [-0.05, 0) is 109 Å². The maximum atomic E-state index is 12.9. The van der Waals surface area contributed by atoms with Crippen molar-refractivity contribution >= 4 is 19.8 Å². The molecule has 0 aliphatic heterocycles. The molecule has 10 heteroatoms. The third-order valence-electron chi connectivity index (χ3n) is 16.7. The summed E-state index contributed by atoms with van der Waals surface area (Å²) < 4.78 is 34.4. The van der Waals surface area contributed by atoms with E-state index in [1.807, 2.05) is 21.1 Å². The minimum atomic E-state index is -4.65. The molecule has 540 valence electrons. The lowest BCUT2D eigenvalue weighted by Gasteiger charge is -2.28. The van der Waals surface area contributed by atoms with Gasteiger partial charge in [0.15, 0.2) is 6.10 Å². The second-order valence-corrected chi connectivity index (χ2v) is 28.4. The molecule has 0 amide bonds. The number of carbonyl (C=O) groups is 2. The fourth-order valence-corrected chi connectivity index (χ4v) is 11.5. The predicted octanol–water partition coefficient (Wildman–Crippen LogP) is 25.3. The monoisotopic (exact) mass is 1330 g/mol. The van der Waals surface area contributed by atoms with Gasteiger partial charge in [0.2, 0.25) is 0 Å². The molecule has 2 atom stereocenters. The molecule has 0 saturated carbocycles. The van der Waals surface area contributed by atoms with Crippen molar-refractivity contribution in [2.45, 2.75) is 341 Å². The highest BCUT2D eigenvalue weighted by molar-refractivity contribution is 7.45. The fourth-order valence-electron chi connectivity index (χ4n) is 10.8. The van der Waals surface area contributed by atoms with Crippen LogP contribution in [0.25, 0.3) is 0 Å². The van der Waals surface area contributed by atoms with Crippen LogP contribution in [0.3, 0.4) is 0 Å². The molecule has 2 unspecified atom stereocenters. The number of carbonyl (C=O) groups excluding carboxylic acids is 2. The Morgan fingerprint density at radius 2 is 0.574 bits per heavy atom. The van der Waals surface area contributed by atoms with E-state index < -0.39 is 26.5 Å². The number of ether oxygens (including phenoxy) is 2. The smallest absolute Gasteiger partial charge is 0.306 e. The summed E-state index contributed by atoms with van der Waals surface area (Å²) in [4.78, 5) is 38.2. The van der Waals surface area contributed by atoms with Crippen LogP contribution in [0.15, 0.2) is 134 Å². The predicted molar refractivity (Wildman–Crippen MR) is 406 cm³/mol. The van der Waals surface area contributed by atoms with Gasteiger partial charge in [-0.3, -0.25) is 14.2 Å². The Morgan fingerprint density at radius 3 is 0.851 bits per heavy atom. The van der Waals surface area contributed by atoms with Gasteiger partial charge in [0.1, 0.15) is 19.8 Å². The van der Waals surface area contributed by atoms with Crippen LogP contribution in [0.4, 0.5) is 0 Å². The summed E-state index contributed by atoms with van der Waals surface area (Å²) in [7, 11) is 1.17. The molecule has 0 fully saturated rings. The number of unbranched alkanes of at least 4 members (excludes halogenated alkanes) is 35. The first-order chi connectivity index (χ1) is 46.0. The zero-order valence-electron chi connectivity index (χ0n) is 61.6. The highest BCUT2D eigenvalue weighted by atomic mass is 31.2. The van der Waals surface area contributed by atoms with Gasteiger partial charge >= 0.3 is 11.9 Å². The third kappa shape index (κ3) is 77.2. The van der Waals surface area contributed by atoms with Crippen LogP contribution < -0.4 is 4.89 Å². The number of likely N-dealkylation sites (N-methyl/N-ethyl adjacent to an activating group) is 1. The van der Waals surface area contributed by atoms with Crippen molar-refractivity contribution < 1.29 is 42.1 Å². The third-order valence-corrected chi connectivity index (χ3v) is 17.6. The first kappa shape index (κ1) is 90.2. The van der Waals surface area contributed by atoms with Crippen LogP contribution in [0.1, 0.15) is 335 Å². The fraction of sp³-hybridized carbons (Fsp3) is 0.714. The van der Waals surface area contributed by atoms with E-state index in [4.69, 9.17) is 18.5 Å². The molecular formula is C84H146NO8P. The Labute approximate surface area is 581 Å². The molecule has 0 aromatic carbocycles. The number of quaternary nitrogens is 1. The number of hydrogen-bond donors (Lipinski definition) is 0. The largest absolute Gasteiger partial charge is 0.756 e. The summed E-state index contributed by atoms with van der Waals surface area (Å²) in [5.41, 5.74) is 0. The van der Waals surface area contributed by atoms with E-state index in [2.05, 4.69) is 148 Å². The number of phosphoric ester groups is 1. The molecule has 94 heavy (non-hydrogen) atoms. The lowest BCUT2D eigenvalue weighted by molar-refractivity contribution is -0.870. The van der Waals surface area contributed by atoms with Gasteiger partial charge in [-0.2, -0.15) is 0 Å². The quantitative estimate of drug-likeness (QED) is 0.0195. The highest BCUT2D eigenvalue weighted by Gasteiger charge is 2.22. The highest BCUT2D eigenvalue weighted by Crippen LogP contribution is 2.38. The molecule has 0 bridgehead atoms. The lowest BCUT2D eigenvalue weighted by Crippen LogP contribution is -2.37. The Bertz CT molecular complexity index is 2050. The average molecular weight is 1330 g/mol. The molecule has 0 rings (SSSR count). The average Bonchev–Trinajstić information content (AvgIpc) is 1.68. The summed E-state index contributed by atoms with van der Waals surface area (Å²) in [5, 5.41) is 0. The van der Waals surface area contributed by atoms with Crippen LogP contribution in [-0.4, -0.2) is 70.0 Å². The van der Waals surface area contributed by atoms with Crippen molar-refractivity contribution in [3.63, 3.8) is 0 Å². The zero-order chi connectivity index (χ0) is 68.3. The van der Waals surface area contributed by atoms with Crippen LogP contribution in [-0.2, 0) is 32.7 Å². The van der Waals surface area contributed by atoms with Gasteiger partial charge in [-0.15, -0.1) is 0 Å². The maximum absolute atomic E-state index is 12.9. The molecule has 0 N–H and O–H groups in total. The molecule has 0 aliphatic rings. The van der Waals surface area contributed by atoms with Gasteiger partial charge < -0.3 is 27.9 Å². The summed E-state index contributed by atoms with van der Waals surface area (Å²) in [6, 6.07) is 0. The van der Waals surface area contributed by atoms with Crippen molar-refractivity contribution in [3.05, 3.63) is 134 Å². The van der Waals surface area contributed by atoms with Gasteiger partial charge in [0.05, 0.1) is 27.7 Å². The van der Waals surface area contributed by atoms with Crippen molar-refractivity contribution in [3.8, 4) is 0 Å². The molecule has 9 nitrogen and oxygen atoms in total. The number of phosphoric acid groups is 1. The molecule has 0 aliphatic carbocycles. The first-order valence-corrected chi connectivity index (χ1v) is 40.4. The number of hydrogen-bond acceptors (Lipinski definition) is 8. The molecule has 0 heterocycles. The van der Waals surface area contributed by atoms with Gasteiger partial charge in [0, 0.05) is 12.8 Å². The van der Waals surface area contributed by atoms with Gasteiger partial charge in [-0.25, -0.2) is 0 Å². The van der Waals surface area contributed by atoms with Crippen molar-refractivity contribution in [2.24, 2.45) is 0 Å². The molecule has 0 spiro atoms. The number of esters is 2. The lowest BCUT2D eigenvalue weighted by atomic mass is 10.0. The van der Waals surface area contributed by atoms with Crippen LogP contribution in [0.2, 0.25) is 0 Å². The Morgan fingerprint density at radius 1 is 0.330 bits per heavy atom. The first-order valence-electron chi connectivity index (χ1n) is 38.9. The molecule has 0 radical (unpaired) electrons. The number of rotatable bonds is 71. The number of allylic oxidation sites excluding steroid dienone is 22. The van der Waals surface area contributed by atoms with E-state index in [1.54, 1.807) is 0 Å². The van der Waals surface area contributed by atoms with Crippen LogP contribution >= 0.6 is 7.82 Å².